The molecule has 0 saturated carbocycles. The largest absolute Gasteiger partial charge is 0.462 e. The Morgan fingerprint density at radius 3 is 2.67 bits per heavy atom. The Labute approximate surface area is 106 Å². The number of carbonyl (C=O) groups excluding carboxylic acids is 2. The molecule has 96 valence electrons. The second kappa shape index (κ2) is 6.59. The Kier molecular flexibility index (Phi) is 5.11. The number of benzene rings is 1. The maximum atomic E-state index is 11.8. The molecule has 4 heteroatoms. The number of allylic oxidation sites excluding steroid dienone is 1. The maximum absolute atomic E-state index is 11.8. The van der Waals surface area contributed by atoms with Crippen molar-refractivity contribution in [3.63, 3.8) is 0 Å². The van der Waals surface area contributed by atoms with Gasteiger partial charge in [-0.05, 0) is 25.0 Å². The van der Waals surface area contributed by atoms with Crippen LogP contribution >= 0.6 is 0 Å². The quantitative estimate of drug-likeness (QED) is 0.456. The molecule has 0 aromatic heterocycles. The summed E-state index contributed by atoms with van der Waals surface area (Å²) in [5.41, 5.74) is 0.983. The zero-order valence-corrected chi connectivity index (χ0v) is 10.6. The first kappa shape index (κ1) is 14.0. The molecule has 0 aliphatic carbocycles. The van der Waals surface area contributed by atoms with Gasteiger partial charge in [-0.2, -0.15) is 0 Å². The minimum atomic E-state index is -0.500. The molecule has 0 saturated heterocycles. The summed E-state index contributed by atoms with van der Waals surface area (Å²) in [6, 6.07) is 5.07. The molecular weight excluding hydrogens is 232 g/mol. The molecule has 0 atom stereocenters. The van der Waals surface area contributed by atoms with Crippen LogP contribution < -0.4 is 4.74 Å². The Bertz CT molecular complexity index is 463. The van der Waals surface area contributed by atoms with Crippen LogP contribution in [0.3, 0.4) is 0 Å². The van der Waals surface area contributed by atoms with Crippen molar-refractivity contribution in [1.29, 1.82) is 0 Å². The minimum Gasteiger partial charge on any atom is -0.462 e. The Morgan fingerprint density at radius 1 is 1.39 bits per heavy atom. The van der Waals surface area contributed by atoms with Crippen molar-refractivity contribution in [3.8, 4) is 5.75 Å². The van der Waals surface area contributed by atoms with Crippen molar-refractivity contribution >= 4 is 11.9 Å². The first-order chi connectivity index (χ1) is 8.60. The van der Waals surface area contributed by atoms with Gasteiger partial charge in [0.1, 0.15) is 11.3 Å². The van der Waals surface area contributed by atoms with E-state index in [1.54, 1.807) is 31.2 Å². The monoisotopic (exact) mass is 248 g/mol. The number of ether oxygens (including phenoxy) is 2. The van der Waals surface area contributed by atoms with Crippen LogP contribution in [0.4, 0.5) is 0 Å². The molecule has 0 aliphatic rings. The van der Waals surface area contributed by atoms with E-state index in [0.717, 1.165) is 5.56 Å². The van der Waals surface area contributed by atoms with Gasteiger partial charge < -0.3 is 9.47 Å². The van der Waals surface area contributed by atoms with Crippen LogP contribution in [0.1, 0.15) is 29.8 Å². The van der Waals surface area contributed by atoms with E-state index in [0.29, 0.717) is 6.42 Å². The van der Waals surface area contributed by atoms with Gasteiger partial charge in [-0.15, -0.1) is 6.58 Å². The van der Waals surface area contributed by atoms with Gasteiger partial charge in [0, 0.05) is 6.92 Å². The summed E-state index contributed by atoms with van der Waals surface area (Å²) >= 11 is 0. The van der Waals surface area contributed by atoms with Gasteiger partial charge in [0.15, 0.2) is 0 Å². The van der Waals surface area contributed by atoms with Crippen molar-refractivity contribution < 1.29 is 19.1 Å². The van der Waals surface area contributed by atoms with Gasteiger partial charge in [-0.25, -0.2) is 4.79 Å². The van der Waals surface area contributed by atoms with Crippen molar-refractivity contribution in [2.24, 2.45) is 0 Å². The average Bonchev–Trinajstić information content (AvgIpc) is 2.31. The van der Waals surface area contributed by atoms with E-state index in [1.165, 1.54) is 6.92 Å². The molecule has 0 aliphatic heterocycles. The van der Waals surface area contributed by atoms with Crippen LogP contribution in [0, 0.1) is 0 Å². The number of carbonyl (C=O) groups is 2. The Morgan fingerprint density at radius 2 is 2.11 bits per heavy atom. The third-order valence-corrected chi connectivity index (χ3v) is 2.20. The predicted octanol–water partition coefficient (Wildman–Crippen LogP) is 2.52. The highest BCUT2D eigenvalue weighted by molar-refractivity contribution is 5.94. The fourth-order valence-corrected chi connectivity index (χ4v) is 1.53. The smallest absolute Gasteiger partial charge is 0.341 e. The minimum absolute atomic E-state index is 0.253. The van der Waals surface area contributed by atoms with E-state index in [-0.39, 0.29) is 17.9 Å². The summed E-state index contributed by atoms with van der Waals surface area (Å²) in [6.07, 6.45) is 2.19. The van der Waals surface area contributed by atoms with Crippen LogP contribution in [-0.2, 0) is 16.0 Å². The standard InChI is InChI=1S/C14H16O4/c1-4-7-11-8-6-9-12(14(16)17-5-2)13(11)18-10(3)15/h4,6,8-9H,1,5,7H2,2-3H3. The summed E-state index contributed by atoms with van der Waals surface area (Å²) < 4.78 is 10.0. The molecule has 0 amide bonds. The van der Waals surface area contributed by atoms with E-state index in [4.69, 9.17) is 9.47 Å². The van der Waals surface area contributed by atoms with Crippen LogP contribution in [0.25, 0.3) is 0 Å². The van der Waals surface area contributed by atoms with Crippen molar-refractivity contribution in [3.05, 3.63) is 42.0 Å². The second-order valence-corrected chi connectivity index (χ2v) is 3.60. The molecule has 0 N–H and O–H groups in total. The Hall–Kier alpha value is -2.10. The van der Waals surface area contributed by atoms with Crippen LogP contribution in [0.5, 0.6) is 5.75 Å². The lowest BCUT2D eigenvalue weighted by molar-refractivity contribution is -0.131. The molecule has 0 bridgehead atoms. The van der Waals surface area contributed by atoms with Crippen molar-refractivity contribution in [2.75, 3.05) is 6.61 Å². The van der Waals surface area contributed by atoms with Gasteiger partial charge >= 0.3 is 11.9 Å². The van der Waals surface area contributed by atoms with Gasteiger partial charge in [0.25, 0.3) is 0 Å². The lowest BCUT2D eigenvalue weighted by Gasteiger charge is -2.12. The van der Waals surface area contributed by atoms with E-state index < -0.39 is 11.9 Å². The summed E-state index contributed by atoms with van der Waals surface area (Å²) in [4.78, 5) is 22.9. The van der Waals surface area contributed by atoms with Gasteiger partial charge in [0.2, 0.25) is 0 Å². The van der Waals surface area contributed by atoms with Crippen molar-refractivity contribution in [2.45, 2.75) is 20.3 Å². The fraction of sp³-hybridized carbons (Fsp3) is 0.286. The molecule has 18 heavy (non-hydrogen) atoms. The van der Waals surface area contributed by atoms with Crippen molar-refractivity contribution in [1.82, 2.24) is 0 Å². The first-order valence-electron chi connectivity index (χ1n) is 5.68. The van der Waals surface area contributed by atoms with E-state index in [1.807, 2.05) is 0 Å². The zero-order valence-electron chi connectivity index (χ0n) is 10.6. The normalized spacial score (nSPS) is 9.67. The number of esters is 2. The predicted molar refractivity (Wildman–Crippen MR) is 67.6 cm³/mol. The van der Waals surface area contributed by atoms with E-state index >= 15 is 0 Å². The molecule has 1 aromatic rings. The summed E-state index contributed by atoms with van der Waals surface area (Å²) in [5.74, 6) is -0.722. The highest BCUT2D eigenvalue weighted by Gasteiger charge is 2.18. The zero-order chi connectivity index (χ0) is 13.5. The van der Waals surface area contributed by atoms with E-state index in [9.17, 15) is 9.59 Å². The molecule has 1 rings (SSSR count). The Balaban J connectivity index is 3.22. The van der Waals surface area contributed by atoms with Crippen LogP contribution in [-0.4, -0.2) is 18.5 Å². The van der Waals surface area contributed by atoms with E-state index in [2.05, 4.69) is 6.58 Å². The maximum Gasteiger partial charge on any atom is 0.341 e. The highest BCUT2D eigenvalue weighted by Crippen LogP contribution is 2.26. The van der Waals surface area contributed by atoms with Gasteiger partial charge in [-0.1, -0.05) is 18.2 Å². The SMILES string of the molecule is C=CCc1cccc(C(=O)OCC)c1OC(C)=O. The molecule has 0 radical (unpaired) electrons. The molecule has 1 aromatic carbocycles. The number of hydrogen-bond donors (Lipinski definition) is 0. The number of rotatable bonds is 5. The van der Waals surface area contributed by atoms with Gasteiger partial charge in [0.05, 0.1) is 6.61 Å². The molecular formula is C14H16O4. The lowest BCUT2D eigenvalue weighted by Crippen LogP contribution is -2.12. The summed E-state index contributed by atoms with van der Waals surface area (Å²) in [5, 5.41) is 0. The molecule has 0 fully saturated rings. The molecule has 0 unspecified atom stereocenters. The summed E-state index contributed by atoms with van der Waals surface area (Å²) in [7, 11) is 0. The highest BCUT2D eigenvalue weighted by atomic mass is 16.5. The molecule has 4 nitrogen and oxygen atoms in total. The summed E-state index contributed by atoms with van der Waals surface area (Å²) in [6.45, 7) is 6.91. The third-order valence-electron chi connectivity index (χ3n) is 2.20. The molecule has 0 spiro atoms. The topological polar surface area (TPSA) is 52.6 Å². The second-order valence-electron chi connectivity index (χ2n) is 3.60. The average molecular weight is 248 g/mol. The third kappa shape index (κ3) is 3.45. The van der Waals surface area contributed by atoms with Crippen LogP contribution in [0.15, 0.2) is 30.9 Å². The van der Waals surface area contributed by atoms with Crippen LogP contribution in [0.2, 0.25) is 0 Å². The van der Waals surface area contributed by atoms with Gasteiger partial charge in [-0.3, -0.25) is 4.79 Å². The number of para-hydroxylation sites is 1. The fourth-order valence-electron chi connectivity index (χ4n) is 1.53. The number of hydrogen-bond acceptors (Lipinski definition) is 4. The lowest BCUT2D eigenvalue weighted by atomic mass is 10.1. The molecule has 0 heterocycles. The first-order valence-corrected chi connectivity index (χ1v) is 5.68.